The van der Waals surface area contributed by atoms with Crippen molar-refractivity contribution in [1.82, 2.24) is 14.9 Å². The first-order valence-electron chi connectivity index (χ1n) is 6.00. The Kier molecular flexibility index (Phi) is 3.68. The van der Waals surface area contributed by atoms with Crippen molar-refractivity contribution in [1.29, 1.82) is 0 Å². The van der Waals surface area contributed by atoms with E-state index in [2.05, 4.69) is 14.9 Å². The van der Waals surface area contributed by atoms with Crippen LogP contribution in [-0.2, 0) is 4.79 Å². The molecular formula is C12H18N4O. The summed E-state index contributed by atoms with van der Waals surface area (Å²) in [5, 5.41) is 0. The van der Waals surface area contributed by atoms with Crippen LogP contribution in [0.4, 0.5) is 0 Å². The summed E-state index contributed by atoms with van der Waals surface area (Å²) >= 11 is 0. The molecule has 0 aromatic carbocycles. The molecular weight excluding hydrogens is 216 g/mol. The van der Waals surface area contributed by atoms with E-state index in [1.54, 1.807) is 12.4 Å². The van der Waals surface area contributed by atoms with Crippen molar-refractivity contribution < 1.29 is 4.79 Å². The van der Waals surface area contributed by atoms with Crippen molar-refractivity contribution >= 4 is 5.91 Å². The van der Waals surface area contributed by atoms with Crippen LogP contribution in [0.5, 0.6) is 0 Å². The first-order chi connectivity index (χ1) is 8.18. The molecule has 1 amide bonds. The zero-order valence-electron chi connectivity index (χ0n) is 10.1. The number of rotatable bonds is 3. The number of amides is 1. The predicted molar refractivity (Wildman–Crippen MR) is 64.1 cm³/mol. The first-order valence-corrected chi connectivity index (χ1v) is 6.00. The van der Waals surface area contributed by atoms with Gasteiger partial charge in [0.2, 0.25) is 5.91 Å². The zero-order valence-corrected chi connectivity index (χ0v) is 10.1. The number of hydrogen-bond donors (Lipinski definition) is 1. The van der Waals surface area contributed by atoms with Gasteiger partial charge in [-0.25, -0.2) is 9.97 Å². The third-order valence-corrected chi connectivity index (χ3v) is 3.14. The van der Waals surface area contributed by atoms with Gasteiger partial charge >= 0.3 is 0 Å². The molecule has 2 heterocycles. The molecule has 92 valence electrons. The zero-order chi connectivity index (χ0) is 12.3. The topological polar surface area (TPSA) is 72.1 Å². The lowest BCUT2D eigenvalue weighted by molar-refractivity contribution is -0.123. The molecule has 1 aliphatic rings. The maximum atomic E-state index is 11.6. The summed E-state index contributed by atoms with van der Waals surface area (Å²) in [6.45, 7) is 3.66. The summed E-state index contributed by atoms with van der Waals surface area (Å²) in [5.74, 6) is 0.384. The van der Waals surface area contributed by atoms with E-state index in [9.17, 15) is 4.79 Å². The average Bonchev–Trinajstić information content (AvgIpc) is 2.33. The van der Waals surface area contributed by atoms with Crippen molar-refractivity contribution in [3.05, 3.63) is 23.8 Å². The molecule has 1 saturated heterocycles. The van der Waals surface area contributed by atoms with E-state index < -0.39 is 0 Å². The van der Waals surface area contributed by atoms with Gasteiger partial charge in [0, 0.05) is 18.0 Å². The lowest BCUT2D eigenvalue weighted by Crippen LogP contribution is -2.40. The van der Waals surface area contributed by atoms with E-state index in [-0.39, 0.29) is 11.9 Å². The predicted octanol–water partition coefficient (Wildman–Crippen LogP) is 0.797. The smallest absolute Gasteiger partial charge is 0.239 e. The number of nitrogens with two attached hydrogens (primary N) is 1. The molecule has 1 aromatic heterocycles. The van der Waals surface area contributed by atoms with E-state index in [0.29, 0.717) is 5.82 Å². The Balaban J connectivity index is 2.21. The highest BCUT2D eigenvalue weighted by atomic mass is 16.1. The fourth-order valence-electron chi connectivity index (χ4n) is 2.28. The van der Waals surface area contributed by atoms with Gasteiger partial charge in [-0.15, -0.1) is 0 Å². The Morgan fingerprint density at radius 3 is 2.41 bits per heavy atom. The largest absolute Gasteiger partial charge is 0.368 e. The Morgan fingerprint density at radius 2 is 1.88 bits per heavy atom. The van der Waals surface area contributed by atoms with E-state index in [0.717, 1.165) is 31.5 Å². The molecule has 0 aliphatic carbocycles. The minimum absolute atomic E-state index is 0.320. The second-order valence-electron chi connectivity index (χ2n) is 4.47. The lowest BCUT2D eigenvalue weighted by Gasteiger charge is -2.32. The van der Waals surface area contributed by atoms with E-state index in [1.807, 2.05) is 6.92 Å². The molecule has 1 atom stereocenters. The number of aromatic nitrogens is 2. The highest BCUT2D eigenvalue weighted by Crippen LogP contribution is 2.23. The van der Waals surface area contributed by atoms with Gasteiger partial charge in [-0.2, -0.15) is 0 Å². The van der Waals surface area contributed by atoms with Crippen LogP contribution >= 0.6 is 0 Å². The molecule has 0 bridgehead atoms. The molecule has 5 heteroatoms. The standard InChI is InChI=1S/C12H18N4O/c1-9-14-7-10(8-15-9)11(12(13)17)16-5-3-2-4-6-16/h7-8,11H,2-6H2,1H3,(H2,13,17). The summed E-state index contributed by atoms with van der Waals surface area (Å²) in [7, 11) is 0. The number of aryl methyl sites for hydroxylation is 1. The maximum absolute atomic E-state index is 11.6. The van der Waals surface area contributed by atoms with Crippen LogP contribution in [0.3, 0.4) is 0 Å². The molecule has 5 nitrogen and oxygen atoms in total. The molecule has 1 aliphatic heterocycles. The van der Waals surface area contributed by atoms with Gasteiger partial charge in [0.05, 0.1) is 0 Å². The summed E-state index contributed by atoms with van der Waals surface area (Å²) < 4.78 is 0. The van der Waals surface area contributed by atoms with Gasteiger partial charge in [-0.05, 0) is 32.9 Å². The van der Waals surface area contributed by atoms with Gasteiger partial charge in [-0.3, -0.25) is 9.69 Å². The minimum Gasteiger partial charge on any atom is -0.368 e. The number of nitrogens with zero attached hydrogens (tertiary/aromatic N) is 3. The number of piperidine rings is 1. The van der Waals surface area contributed by atoms with Crippen LogP contribution in [0.2, 0.25) is 0 Å². The quantitative estimate of drug-likeness (QED) is 0.839. The first kappa shape index (κ1) is 12.0. The van der Waals surface area contributed by atoms with Gasteiger partial charge < -0.3 is 5.73 Å². The Morgan fingerprint density at radius 1 is 1.29 bits per heavy atom. The third kappa shape index (κ3) is 2.79. The average molecular weight is 234 g/mol. The van der Waals surface area contributed by atoms with Crippen LogP contribution < -0.4 is 5.73 Å². The van der Waals surface area contributed by atoms with Crippen LogP contribution in [0.15, 0.2) is 12.4 Å². The number of hydrogen-bond acceptors (Lipinski definition) is 4. The Labute approximate surface area is 101 Å². The van der Waals surface area contributed by atoms with Crippen molar-refractivity contribution in [2.45, 2.75) is 32.2 Å². The summed E-state index contributed by atoms with van der Waals surface area (Å²) in [6, 6.07) is -0.379. The molecule has 0 spiro atoms. The molecule has 1 unspecified atom stereocenters. The molecule has 17 heavy (non-hydrogen) atoms. The molecule has 1 aromatic rings. The lowest BCUT2D eigenvalue weighted by atomic mass is 10.0. The number of primary amides is 1. The van der Waals surface area contributed by atoms with Crippen molar-refractivity contribution in [2.24, 2.45) is 5.73 Å². The van der Waals surface area contributed by atoms with Gasteiger partial charge in [0.1, 0.15) is 11.9 Å². The van der Waals surface area contributed by atoms with Crippen LogP contribution in [0.25, 0.3) is 0 Å². The van der Waals surface area contributed by atoms with Crippen molar-refractivity contribution in [3.8, 4) is 0 Å². The highest BCUT2D eigenvalue weighted by molar-refractivity contribution is 5.81. The number of likely N-dealkylation sites (tertiary alicyclic amines) is 1. The van der Waals surface area contributed by atoms with Gasteiger partial charge in [0.15, 0.2) is 0 Å². The van der Waals surface area contributed by atoms with E-state index in [4.69, 9.17) is 5.73 Å². The molecule has 0 radical (unpaired) electrons. The van der Waals surface area contributed by atoms with Crippen molar-refractivity contribution in [3.63, 3.8) is 0 Å². The second-order valence-corrected chi connectivity index (χ2v) is 4.47. The van der Waals surface area contributed by atoms with Crippen LogP contribution in [0.1, 0.15) is 36.7 Å². The van der Waals surface area contributed by atoms with Gasteiger partial charge in [-0.1, -0.05) is 6.42 Å². The monoisotopic (exact) mass is 234 g/mol. The number of carbonyl (C=O) groups is 1. The molecule has 2 N–H and O–H groups in total. The molecule has 0 saturated carbocycles. The van der Waals surface area contributed by atoms with E-state index in [1.165, 1.54) is 6.42 Å². The summed E-state index contributed by atoms with van der Waals surface area (Å²) in [6.07, 6.45) is 6.87. The molecule has 2 rings (SSSR count). The van der Waals surface area contributed by atoms with Crippen LogP contribution in [-0.4, -0.2) is 33.9 Å². The normalized spacial score (nSPS) is 18.9. The fourth-order valence-corrected chi connectivity index (χ4v) is 2.28. The van der Waals surface area contributed by atoms with Crippen molar-refractivity contribution in [2.75, 3.05) is 13.1 Å². The maximum Gasteiger partial charge on any atom is 0.239 e. The second kappa shape index (κ2) is 5.23. The summed E-state index contributed by atoms with van der Waals surface area (Å²) in [4.78, 5) is 22.0. The third-order valence-electron chi connectivity index (χ3n) is 3.14. The Bertz CT molecular complexity index is 384. The van der Waals surface area contributed by atoms with Crippen LogP contribution in [0, 0.1) is 6.92 Å². The number of carbonyl (C=O) groups excluding carboxylic acids is 1. The SMILES string of the molecule is Cc1ncc(C(C(N)=O)N2CCCCC2)cn1. The Hall–Kier alpha value is -1.49. The highest BCUT2D eigenvalue weighted by Gasteiger charge is 2.27. The minimum atomic E-state index is -0.379. The van der Waals surface area contributed by atoms with E-state index >= 15 is 0 Å². The fraction of sp³-hybridized carbons (Fsp3) is 0.583. The summed E-state index contributed by atoms with van der Waals surface area (Å²) in [5.41, 5.74) is 6.30. The molecule has 1 fully saturated rings. The van der Waals surface area contributed by atoms with Gasteiger partial charge in [0.25, 0.3) is 0 Å².